The van der Waals surface area contributed by atoms with Gasteiger partial charge in [-0.2, -0.15) is 0 Å². The van der Waals surface area contributed by atoms with E-state index in [4.69, 9.17) is 23.2 Å². The molecule has 1 amide bonds. The van der Waals surface area contributed by atoms with Crippen LogP contribution in [0.3, 0.4) is 0 Å². The summed E-state index contributed by atoms with van der Waals surface area (Å²) in [6.07, 6.45) is 7.63. The molecule has 1 unspecified atom stereocenters. The molecule has 12 heteroatoms. The summed E-state index contributed by atoms with van der Waals surface area (Å²) in [4.78, 5) is 39.4. The number of nitrogens with one attached hydrogen (secondary N) is 2. The van der Waals surface area contributed by atoms with Gasteiger partial charge < -0.3 is 10.6 Å². The fourth-order valence-electron chi connectivity index (χ4n) is 3.24. The Morgan fingerprint density at radius 2 is 1.88 bits per heavy atom. The molecule has 1 atom stereocenters. The monoisotopic (exact) mass is 497 g/mol. The van der Waals surface area contributed by atoms with E-state index in [0.29, 0.717) is 51.7 Å². The van der Waals surface area contributed by atoms with Crippen molar-refractivity contribution in [1.29, 1.82) is 0 Å². The molecule has 0 bridgehead atoms. The molecule has 2 N–H and O–H groups in total. The second-order valence-corrected chi connectivity index (χ2v) is 7.96. The number of aromatic nitrogens is 3. The van der Waals surface area contributed by atoms with Crippen LogP contribution in [0.1, 0.15) is 11.5 Å². The van der Waals surface area contributed by atoms with E-state index in [0.717, 1.165) is 0 Å². The summed E-state index contributed by atoms with van der Waals surface area (Å²) >= 11 is 12.5. The van der Waals surface area contributed by atoms with E-state index in [1.807, 2.05) is 0 Å². The van der Waals surface area contributed by atoms with Gasteiger partial charge in [0.1, 0.15) is 12.0 Å². The largest absolute Gasteiger partial charge is 0.368 e. The highest BCUT2D eigenvalue weighted by molar-refractivity contribution is 6.36. The minimum atomic E-state index is -0.629. The first kappa shape index (κ1) is 23.3. The Kier molecular flexibility index (Phi) is 7.09. The van der Waals surface area contributed by atoms with Gasteiger partial charge in [-0.3, -0.25) is 14.9 Å². The average Bonchev–Trinajstić information content (AvgIpc) is 2.83. The average molecular weight is 498 g/mol. The summed E-state index contributed by atoms with van der Waals surface area (Å²) < 4.78 is 0. The van der Waals surface area contributed by atoms with Crippen LogP contribution < -0.4 is 10.6 Å². The summed E-state index contributed by atoms with van der Waals surface area (Å²) in [5.41, 5.74) is 1.59. The second-order valence-electron chi connectivity index (χ2n) is 7.11. The number of nitrogens with zero attached hydrogens (tertiary/aromatic N) is 5. The molecular weight excluding hydrogens is 481 g/mol. The van der Waals surface area contributed by atoms with Gasteiger partial charge in [0, 0.05) is 47.7 Å². The van der Waals surface area contributed by atoms with Crippen molar-refractivity contribution >= 4 is 52.8 Å². The molecule has 4 rings (SSSR count). The van der Waals surface area contributed by atoms with Crippen LogP contribution in [-0.4, -0.2) is 45.1 Å². The maximum Gasteiger partial charge on any atom is 0.287 e. The Bertz CT molecular complexity index is 1300. The van der Waals surface area contributed by atoms with E-state index in [-0.39, 0.29) is 11.6 Å². The first-order valence-corrected chi connectivity index (χ1v) is 10.8. The number of carbonyl (C=O) groups excluding carboxylic acids is 1. The summed E-state index contributed by atoms with van der Waals surface area (Å²) in [6.45, 7) is 0.879. The standard InChI is InChI=1S/C22H17Cl2N7O3/c23-13-3-5-16(18(24)10-13)20-17(15-2-1-7-26-21(15)32)12-29-22(30-20)27-9-8-25-19-6-4-14(11-28-19)31(33)34/h1-7,10-12,15H,8-9H2,(H,25,28)(H,27,29,30). The highest BCUT2D eigenvalue weighted by Crippen LogP contribution is 2.35. The molecule has 1 aromatic carbocycles. The Morgan fingerprint density at radius 3 is 2.59 bits per heavy atom. The quantitative estimate of drug-likeness (QED) is 0.263. The maximum atomic E-state index is 12.4. The van der Waals surface area contributed by atoms with Gasteiger partial charge in [-0.25, -0.2) is 19.9 Å². The summed E-state index contributed by atoms with van der Waals surface area (Å²) in [5.74, 6) is -0.118. The Balaban J connectivity index is 1.52. The number of pyridine rings is 1. The van der Waals surface area contributed by atoms with E-state index < -0.39 is 10.8 Å². The predicted octanol–water partition coefficient (Wildman–Crippen LogP) is 4.53. The predicted molar refractivity (Wildman–Crippen MR) is 131 cm³/mol. The zero-order valence-corrected chi connectivity index (χ0v) is 19.0. The van der Waals surface area contributed by atoms with Crippen LogP contribution >= 0.6 is 23.2 Å². The van der Waals surface area contributed by atoms with Crippen molar-refractivity contribution in [2.45, 2.75) is 5.92 Å². The molecule has 1 aliphatic heterocycles. The molecule has 3 aromatic rings. The number of hydrogen-bond acceptors (Lipinski definition) is 8. The van der Waals surface area contributed by atoms with Gasteiger partial charge in [0.05, 0.1) is 21.6 Å². The minimum absolute atomic E-state index is 0.0810. The van der Waals surface area contributed by atoms with Crippen molar-refractivity contribution in [2.24, 2.45) is 4.99 Å². The molecule has 3 heterocycles. The van der Waals surface area contributed by atoms with Crippen LogP contribution in [0.15, 0.2) is 59.9 Å². The molecule has 172 valence electrons. The van der Waals surface area contributed by atoms with Gasteiger partial charge >= 0.3 is 0 Å². The van der Waals surface area contributed by atoms with Crippen molar-refractivity contribution < 1.29 is 9.72 Å². The Hall–Kier alpha value is -3.89. The van der Waals surface area contributed by atoms with Crippen LogP contribution in [0, 0.1) is 10.1 Å². The van der Waals surface area contributed by atoms with E-state index in [1.165, 1.54) is 24.5 Å². The zero-order valence-electron chi connectivity index (χ0n) is 17.5. The highest BCUT2D eigenvalue weighted by Gasteiger charge is 2.25. The van der Waals surface area contributed by atoms with Crippen molar-refractivity contribution in [3.8, 4) is 11.3 Å². The van der Waals surface area contributed by atoms with Crippen LogP contribution in [-0.2, 0) is 4.79 Å². The number of amides is 1. The third kappa shape index (κ3) is 5.36. The normalized spacial score (nSPS) is 14.8. The number of halogens is 2. The summed E-state index contributed by atoms with van der Waals surface area (Å²) in [7, 11) is 0. The first-order valence-electron chi connectivity index (χ1n) is 10.1. The molecule has 0 radical (unpaired) electrons. The highest BCUT2D eigenvalue weighted by atomic mass is 35.5. The fourth-order valence-corrected chi connectivity index (χ4v) is 3.74. The molecular formula is C22H17Cl2N7O3. The molecule has 0 saturated heterocycles. The van der Waals surface area contributed by atoms with Crippen molar-refractivity contribution in [1.82, 2.24) is 15.0 Å². The number of benzene rings is 1. The van der Waals surface area contributed by atoms with E-state index in [1.54, 1.807) is 36.5 Å². The van der Waals surface area contributed by atoms with E-state index in [2.05, 4.69) is 30.6 Å². The number of nitro groups is 1. The summed E-state index contributed by atoms with van der Waals surface area (Å²) in [5, 5.41) is 17.7. The lowest BCUT2D eigenvalue weighted by atomic mass is 9.93. The molecule has 1 aliphatic rings. The van der Waals surface area contributed by atoms with Gasteiger partial charge in [0.15, 0.2) is 0 Å². The number of allylic oxidation sites excluding steroid dienone is 1. The lowest BCUT2D eigenvalue weighted by Crippen LogP contribution is -2.17. The molecule has 10 nitrogen and oxygen atoms in total. The van der Waals surface area contributed by atoms with Crippen LogP contribution in [0.4, 0.5) is 17.5 Å². The Morgan fingerprint density at radius 1 is 1.06 bits per heavy atom. The number of carbonyl (C=O) groups is 1. The molecule has 0 aliphatic carbocycles. The maximum absolute atomic E-state index is 12.4. The third-order valence-electron chi connectivity index (χ3n) is 4.87. The van der Waals surface area contributed by atoms with Crippen LogP contribution in [0.25, 0.3) is 11.3 Å². The first-order chi connectivity index (χ1) is 16.4. The van der Waals surface area contributed by atoms with Gasteiger partial charge in [-0.15, -0.1) is 0 Å². The molecule has 2 aromatic heterocycles. The van der Waals surface area contributed by atoms with Crippen LogP contribution in [0.2, 0.25) is 10.0 Å². The molecule has 0 spiro atoms. The number of anilines is 2. The third-order valence-corrected chi connectivity index (χ3v) is 5.42. The van der Waals surface area contributed by atoms with Gasteiger partial charge in [0.2, 0.25) is 5.95 Å². The van der Waals surface area contributed by atoms with Gasteiger partial charge in [-0.1, -0.05) is 29.3 Å². The fraction of sp³-hybridized carbons (Fsp3) is 0.136. The lowest BCUT2D eigenvalue weighted by Gasteiger charge is -2.17. The topological polar surface area (TPSA) is 135 Å². The van der Waals surface area contributed by atoms with Crippen molar-refractivity contribution in [3.05, 3.63) is 80.6 Å². The SMILES string of the molecule is O=C1N=CC=CC1c1cnc(NCCNc2ccc([N+](=O)[O-])cn2)nc1-c1ccc(Cl)cc1Cl. The number of aliphatic imine (C=N–C) groups is 1. The van der Waals surface area contributed by atoms with Gasteiger partial charge in [0.25, 0.3) is 11.6 Å². The number of hydrogen-bond donors (Lipinski definition) is 2. The zero-order chi connectivity index (χ0) is 24.1. The molecule has 0 fully saturated rings. The van der Waals surface area contributed by atoms with E-state index >= 15 is 0 Å². The van der Waals surface area contributed by atoms with E-state index in [9.17, 15) is 14.9 Å². The van der Waals surface area contributed by atoms with Crippen molar-refractivity contribution in [2.75, 3.05) is 23.7 Å². The van der Waals surface area contributed by atoms with Crippen molar-refractivity contribution in [3.63, 3.8) is 0 Å². The molecule has 0 saturated carbocycles. The van der Waals surface area contributed by atoms with Crippen LogP contribution in [0.5, 0.6) is 0 Å². The number of rotatable bonds is 8. The smallest absolute Gasteiger partial charge is 0.287 e. The number of dihydropyridines is 1. The Labute approximate surface area is 203 Å². The second kappa shape index (κ2) is 10.4. The molecule has 34 heavy (non-hydrogen) atoms. The lowest BCUT2D eigenvalue weighted by molar-refractivity contribution is -0.385. The van der Waals surface area contributed by atoms with Gasteiger partial charge in [-0.05, 0) is 30.3 Å². The minimum Gasteiger partial charge on any atom is -0.368 e. The summed E-state index contributed by atoms with van der Waals surface area (Å²) in [6, 6.07) is 7.94.